The first-order valence-electron chi connectivity index (χ1n) is 9.34. The molecule has 3 unspecified atom stereocenters. The predicted molar refractivity (Wildman–Crippen MR) is 92.3 cm³/mol. The molecule has 5 rings (SSSR count). The predicted octanol–water partition coefficient (Wildman–Crippen LogP) is -0.386. The zero-order valence-corrected chi connectivity index (χ0v) is 19.0. The van der Waals surface area contributed by atoms with Crippen molar-refractivity contribution >= 4 is 8.80 Å². The number of halogens is 2. The number of hydrogen-bond donors (Lipinski definition) is 0. The third-order valence-electron chi connectivity index (χ3n) is 7.00. The minimum absolute atomic E-state index is 0. The molecule has 24 heavy (non-hydrogen) atoms. The molecule has 128 valence electrons. The van der Waals surface area contributed by atoms with E-state index in [1.54, 1.807) is 11.1 Å². The van der Waals surface area contributed by atoms with Crippen LogP contribution in [0.15, 0.2) is 44.8 Å². The summed E-state index contributed by atoms with van der Waals surface area (Å²) in [5.74, 6) is 0. The average Bonchev–Trinajstić information content (AvgIpc) is 3.04. The van der Waals surface area contributed by atoms with E-state index in [9.17, 15) is 0 Å². The molecule has 3 atom stereocenters. The summed E-state index contributed by atoms with van der Waals surface area (Å²) < 4.78 is 1.57. The molecule has 0 aromatic carbocycles. The van der Waals surface area contributed by atoms with Crippen molar-refractivity contribution in [2.75, 3.05) is 0 Å². The normalized spacial score (nSPS) is 35.9. The molecule has 1 heterocycles. The summed E-state index contributed by atoms with van der Waals surface area (Å²) in [6, 6.07) is 0. The van der Waals surface area contributed by atoms with Crippen molar-refractivity contribution < 1.29 is 44.0 Å². The SMILES string of the molecule is C[SiH]1C2=CC3=C(CCCC3)[CH]2[Ti+2][C]2(C)C1=CC1=C2CCCC1.[Cl-].[Cl-]. The van der Waals surface area contributed by atoms with E-state index in [0.29, 0.717) is 3.72 Å². The summed E-state index contributed by atoms with van der Waals surface area (Å²) >= 11 is 0.0420. The monoisotopic (exact) mass is 412 g/mol. The van der Waals surface area contributed by atoms with E-state index >= 15 is 0 Å². The first-order valence-corrected chi connectivity index (χ1v) is 13.3. The minimum atomic E-state index is -0.866. The molecule has 1 aliphatic heterocycles. The molecule has 0 bridgehead atoms. The van der Waals surface area contributed by atoms with Crippen molar-refractivity contribution in [2.24, 2.45) is 0 Å². The first-order chi connectivity index (χ1) is 10.7. The van der Waals surface area contributed by atoms with Gasteiger partial charge in [0, 0.05) is 0 Å². The molecule has 4 heteroatoms. The summed E-state index contributed by atoms with van der Waals surface area (Å²) in [7, 11) is -0.866. The van der Waals surface area contributed by atoms with Crippen LogP contribution in [0.2, 0.25) is 14.5 Å². The molecule has 0 saturated carbocycles. The Kier molecular flexibility index (Phi) is 5.52. The van der Waals surface area contributed by atoms with Gasteiger partial charge in [-0.25, -0.2) is 0 Å². The second-order valence-corrected chi connectivity index (χ2v) is 13.8. The van der Waals surface area contributed by atoms with E-state index in [1.165, 1.54) is 51.4 Å². The molecule has 1 saturated heterocycles. The Morgan fingerprint density at radius 3 is 2.42 bits per heavy atom. The second-order valence-electron chi connectivity index (χ2n) is 8.14. The van der Waals surface area contributed by atoms with Gasteiger partial charge in [0.1, 0.15) is 0 Å². The maximum Gasteiger partial charge on any atom is -1.00 e. The standard InChI is InChI=1S/C20H26Si.2ClH.Ti/c1-14-19-10-6-5-9-17(19)13-20(14)21(2)18-11-15-7-3-4-8-16(15)12-18;;;/h11-13,21H,3-10H2,1-2H3;2*1H;/q;;;+2/p-2. The van der Waals surface area contributed by atoms with E-state index < -0.39 is 8.80 Å². The Bertz CT molecular complexity index is 688. The Labute approximate surface area is 169 Å². The van der Waals surface area contributed by atoms with Crippen LogP contribution in [0.5, 0.6) is 0 Å². The van der Waals surface area contributed by atoms with Crippen LogP contribution in [0.3, 0.4) is 0 Å². The van der Waals surface area contributed by atoms with Gasteiger partial charge in [0.05, 0.1) is 0 Å². The van der Waals surface area contributed by atoms with Crippen molar-refractivity contribution in [3.05, 3.63) is 44.8 Å². The number of allylic oxidation sites excluding steroid dienone is 8. The fraction of sp³-hybridized carbons (Fsp3) is 0.600. The maximum atomic E-state index is 2.73. The second kappa shape index (κ2) is 6.89. The van der Waals surface area contributed by atoms with E-state index in [2.05, 4.69) is 25.6 Å². The molecule has 0 aromatic heterocycles. The summed E-state index contributed by atoms with van der Waals surface area (Å²) in [4.78, 5) is 0. The van der Waals surface area contributed by atoms with E-state index in [-0.39, 0.29) is 44.0 Å². The van der Waals surface area contributed by atoms with Gasteiger partial charge >= 0.3 is 146 Å². The number of hydrogen-bond acceptors (Lipinski definition) is 0. The Morgan fingerprint density at radius 2 is 1.62 bits per heavy atom. The fourth-order valence-electron chi connectivity index (χ4n) is 5.84. The summed E-state index contributed by atoms with van der Waals surface area (Å²) in [5, 5.41) is 3.93. The van der Waals surface area contributed by atoms with E-state index in [0.717, 1.165) is 4.22 Å². The smallest absolute Gasteiger partial charge is 1.00 e. The van der Waals surface area contributed by atoms with Gasteiger partial charge in [-0.15, -0.1) is 0 Å². The van der Waals surface area contributed by atoms with E-state index in [1.807, 2.05) is 21.5 Å². The Hall–Kier alpha value is 0.471. The molecular weight excluding hydrogens is 387 g/mol. The largest absolute Gasteiger partial charge is 1.00 e. The Balaban J connectivity index is 0.000000845. The fourth-order valence-corrected chi connectivity index (χ4v) is 14.9. The summed E-state index contributed by atoms with van der Waals surface area (Å²) in [6.45, 7) is 5.33. The first kappa shape index (κ1) is 19.2. The summed E-state index contributed by atoms with van der Waals surface area (Å²) in [6.07, 6.45) is 16.9. The third kappa shape index (κ3) is 2.57. The number of rotatable bonds is 0. The van der Waals surface area contributed by atoms with Gasteiger partial charge in [-0.2, -0.15) is 0 Å². The Morgan fingerprint density at radius 1 is 0.958 bits per heavy atom. The molecule has 0 nitrogen and oxygen atoms in total. The van der Waals surface area contributed by atoms with E-state index in [4.69, 9.17) is 0 Å². The van der Waals surface area contributed by atoms with Crippen LogP contribution in [0.25, 0.3) is 0 Å². The van der Waals surface area contributed by atoms with Gasteiger partial charge in [-0.1, -0.05) is 0 Å². The number of fused-ring (bicyclic) bond motifs is 4. The third-order valence-corrected chi connectivity index (χ3v) is 14.5. The molecular formula is C20H26Cl2SiTi. The topological polar surface area (TPSA) is 0 Å². The zero-order chi connectivity index (χ0) is 14.9. The van der Waals surface area contributed by atoms with Crippen LogP contribution >= 0.6 is 0 Å². The molecule has 0 spiro atoms. The van der Waals surface area contributed by atoms with Crippen LogP contribution in [-0.4, -0.2) is 8.80 Å². The summed E-state index contributed by atoms with van der Waals surface area (Å²) in [5.41, 5.74) is 7.46. The average molecular weight is 413 g/mol. The molecule has 0 aromatic rings. The maximum absolute atomic E-state index is 2.73. The van der Waals surface area contributed by atoms with Crippen molar-refractivity contribution in [1.29, 1.82) is 0 Å². The minimum Gasteiger partial charge on any atom is -1.00 e. The quantitative estimate of drug-likeness (QED) is 0.475. The van der Waals surface area contributed by atoms with Gasteiger partial charge in [-0.3, -0.25) is 0 Å². The van der Waals surface area contributed by atoms with Crippen molar-refractivity contribution in [2.45, 2.75) is 72.8 Å². The van der Waals surface area contributed by atoms with Crippen LogP contribution in [0, 0.1) is 0 Å². The van der Waals surface area contributed by atoms with Crippen LogP contribution in [0.4, 0.5) is 0 Å². The van der Waals surface area contributed by atoms with Crippen LogP contribution in [0.1, 0.15) is 58.3 Å². The van der Waals surface area contributed by atoms with Crippen molar-refractivity contribution in [3.8, 4) is 0 Å². The molecule has 0 N–H and O–H groups in total. The van der Waals surface area contributed by atoms with Crippen molar-refractivity contribution in [1.82, 2.24) is 0 Å². The molecule has 4 aliphatic carbocycles. The molecule has 0 radical (unpaired) electrons. The van der Waals surface area contributed by atoms with Gasteiger partial charge in [-0.05, 0) is 0 Å². The van der Waals surface area contributed by atoms with Gasteiger partial charge in [0.15, 0.2) is 0 Å². The molecule has 5 aliphatic rings. The van der Waals surface area contributed by atoms with Crippen LogP contribution in [-0.2, 0) is 19.2 Å². The zero-order valence-electron chi connectivity index (χ0n) is 14.7. The van der Waals surface area contributed by atoms with Crippen LogP contribution < -0.4 is 24.8 Å². The van der Waals surface area contributed by atoms with Gasteiger partial charge < -0.3 is 24.8 Å². The van der Waals surface area contributed by atoms with Gasteiger partial charge in [0.25, 0.3) is 0 Å². The van der Waals surface area contributed by atoms with Gasteiger partial charge in [0.2, 0.25) is 0 Å². The molecule has 0 amide bonds. The molecule has 1 fully saturated rings. The van der Waals surface area contributed by atoms with Crippen molar-refractivity contribution in [3.63, 3.8) is 0 Å².